The van der Waals surface area contributed by atoms with E-state index in [0.717, 1.165) is 25.7 Å². The fraction of sp³-hybridized carbons (Fsp3) is 0.462. The van der Waals surface area contributed by atoms with Gasteiger partial charge < -0.3 is 16.2 Å². The Balaban J connectivity index is 2.19. The summed E-state index contributed by atoms with van der Waals surface area (Å²) < 4.78 is 0. The van der Waals surface area contributed by atoms with E-state index in [4.69, 9.17) is 28.9 Å². The molecule has 0 unspecified atom stereocenters. The first-order chi connectivity index (χ1) is 8.98. The van der Waals surface area contributed by atoms with Crippen LogP contribution in [0.4, 0.5) is 5.69 Å². The third kappa shape index (κ3) is 2.81. The van der Waals surface area contributed by atoms with Crippen molar-refractivity contribution in [1.29, 1.82) is 0 Å². The Bertz CT molecular complexity index is 476. The predicted molar refractivity (Wildman–Crippen MR) is 76.7 cm³/mol. The first-order valence-electron chi connectivity index (χ1n) is 6.18. The van der Waals surface area contributed by atoms with Crippen molar-refractivity contribution in [3.05, 3.63) is 22.2 Å². The Morgan fingerprint density at radius 3 is 2.32 bits per heavy atom. The maximum atomic E-state index is 12.3. The second kappa shape index (κ2) is 5.57. The standard InChI is InChI=1S/C13H16Cl2N2O2/c14-9-5-8(6-10(15)11(9)18)17-12(19)13(7-16)3-1-2-4-13/h5-6,18H,1-4,7,16H2,(H,17,19). The molecule has 19 heavy (non-hydrogen) atoms. The minimum Gasteiger partial charge on any atom is -0.505 e. The van der Waals surface area contributed by atoms with Gasteiger partial charge in [-0.2, -0.15) is 0 Å². The number of carbonyl (C=O) groups excluding carboxylic acids is 1. The predicted octanol–water partition coefficient (Wildman–Crippen LogP) is 3.16. The first kappa shape index (κ1) is 14.4. The number of aromatic hydroxyl groups is 1. The molecule has 0 aromatic heterocycles. The second-order valence-electron chi connectivity index (χ2n) is 4.93. The maximum absolute atomic E-state index is 12.3. The number of benzene rings is 1. The number of amides is 1. The summed E-state index contributed by atoms with van der Waals surface area (Å²) in [7, 11) is 0. The van der Waals surface area contributed by atoms with Crippen LogP contribution < -0.4 is 11.1 Å². The van der Waals surface area contributed by atoms with Crippen LogP contribution in [0, 0.1) is 5.41 Å². The largest absolute Gasteiger partial charge is 0.505 e. The van der Waals surface area contributed by atoms with Crippen molar-refractivity contribution in [2.75, 3.05) is 11.9 Å². The van der Waals surface area contributed by atoms with Gasteiger partial charge in [-0.1, -0.05) is 36.0 Å². The summed E-state index contributed by atoms with van der Waals surface area (Å²) >= 11 is 11.6. The minimum absolute atomic E-state index is 0.106. The summed E-state index contributed by atoms with van der Waals surface area (Å²) in [4.78, 5) is 12.3. The topological polar surface area (TPSA) is 75.4 Å². The molecule has 6 heteroatoms. The number of rotatable bonds is 3. The number of phenols is 1. The normalized spacial score (nSPS) is 17.4. The molecule has 0 saturated heterocycles. The van der Waals surface area contributed by atoms with Crippen molar-refractivity contribution in [2.24, 2.45) is 11.1 Å². The Hall–Kier alpha value is -0.970. The lowest BCUT2D eigenvalue weighted by molar-refractivity contribution is -0.124. The van der Waals surface area contributed by atoms with E-state index < -0.39 is 5.41 Å². The molecule has 0 atom stereocenters. The highest BCUT2D eigenvalue weighted by molar-refractivity contribution is 6.37. The monoisotopic (exact) mass is 302 g/mol. The number of anilines is 1. The van der Waals surface area contributed by atoms with E-state index in [2.05, 4.69) is 5.32 Å². The van der Waals surface area contributed by atoms with E-state index in [-0.39, 0.29) is 21.7 Å². The highest BCUT2D eigenvalue weighted by Gasteiger charge is 2.39. The molecular formula is C13H16Cl2N2O2. The Labute approximate surface area is 121 Å². The number of carbonyl (C=O) groups is 1. The van der Waals surface area contributed by atoms with Gasteiger partial charge >= 0.3 is 0 Å². The highest BCUT2D eigenvalue weighted by Crippen LogP contribution is 2.39. The zero-order valence-electron chi connectivity index (χ0n) is 10.4. The smallest absolute Gasteiger partial charge is 0.231 e. The lowest BCUT2D eigenvalue weighted by atomic mass is 9.85. The Kier molecular flexibility index (Phi) is 4.23. The van der Waals surface area contributed by atoms with Crippen LogP contribution in [0.2, 0.25) is 10.0 Å². The van der Waals surface area contributed by atoms with Gasteiger partial charge in [-0.05, 0) is 25.0 Å². The zero-order chi connectivity index (χ0) is 14.0. The van der Waals surface area contributed by atoms with Crippen molar-refractivity contribution in [3.63, 3.8) is 0 Å². The van der Waals surface area contributed by atoms with Crippen LogP contribution in [0.5, 0.6) is 5.75 Å². The van der Waals surface area contributed by atoms with Crippen molar-refractivity contribution in [2.45, 2.75) is 25.7 Å². The van der Waals surface area contributed by atoms with Crippen LogP contribution in [0.25, 0.3) is 0 Å². The van der Waals surface area contributed by atoms with E-state index >= 15 is 0 Å². The number of phenolic OH excluding ortho intramolecular Hbond substituents is 1. The number of hydrogen-bond acceptors (Lipinski definition) is 3. The van der Waals surface area contributed by atoms with Gasteiger partial charge in [0.25, 0.3) is 0 Å². The molecule has 4 nitrogen and oxygen atoms in total. The van der Waals surface area contributed by atoms with Crippen LogP contribution in [-0.4, -0.2) is 17.6 Å². The molecule has 1 amide bonds. The van der Waals surface area contributed by atoms with Gasteiger partial charge in [0.15, 0.2) is 5.75 Å². The molecule has 4 N–H and O–H groups in total. The lowest BCUT2D eigenvalue weighted by Gasteiger charge is -2.25. The average molecular weight is 303 g/mol. The number of nitrogens with one attached hydrogen (secondary N) is 1. The molecule has 0 heterocycles. The number of hydrogen-bond donors (Lipinski definition) is 3. The molecule has 1 aliphatic carbocycles. The van der Waals surface area contributed by atoms with Gasteiger partial charge in [-0.25, -0.2) is 0 Å². The van der Waals surface area contributed by atoms with Gasteiger partial charge in [0.1, 0.15) is 0 Å². The summed E-state index contributed by atoms with van der Waals surface area (Å²) in [6, 6.07) is 2.94. The molecule has 1 saturated carbocycles. The van der Waals surface area contributed by atoms with Gasteiger partial charge in [-0.3, -0.25) is 4.79 Å². The van der Waals surface area contributed by atoms with Crippen molar-refractivity contribution in [3.8, 4) is 5.75 Å². The quantitative estimate of drug-likeness (QED) is 0.751. The van der Waals surface area contributed by atoms with E-state index in [1.807, 2.05) is 0 Å². The second-order valence-corrected chi connectivity index (χ2v) is 5.75. The summed E-state index contributed by atoms with van der Waals surface area (Å²) in [5.41, 5.74) is 5.73. The highest BCUT2D eigenvalue weighted by atomic mass is 35.5. The van der Waals surface area contributed by atoms with Crippen LogP contribution in [-0.2, 0) is 4.79 Å². The SMILES string of the molecule is NCC1(C(=O)Nc2cc(Cl)c(O)c(Cl)c2)CCCC1. The molecule has 1 aromatic rings. The fourth-order valence-corrected chi connectivity index (χ4v) is 2.96. The third-order valence-electron chi connectivity index (χ3n) is 3.71. The Morgan fingerprint density at radius 1 is 1.32 bits per heavy atom. The molecule has 0 bridgehead atoms. The molecule has 1 fully saturated rings. The van der Waals surface area contributed by atoms with E-state index in [1.165, 1.54) is 12.1 Å². The van der Waals surface area contributed by atoms with Crippen LogP contribution in [0.1, 0.15) is 25.7 Å². The molecule has 1 aromatic carbocycles. The summed E-state index contributed by atoms with van der Waals surface area (Å²) in [5, 5.41) is 12.5. The van der Waals surface area contributed by atoms with Gasteiger partial charge in [-0.15, -0.1) is 0 Å². The summed E-state index contributed by atoms with van der Waals surface area (Å²) in [6.07, 6.45) is 3.63. The molecule has 2 rings (SSSR count). The molecule has 104 valence electrons. The van der Waals surface area contributed by atoms with Crippen molar-refractivity contribution < 1.29 is 9.90 Å². The van der Waals surface area contributed by atoms with Crippen LogP contribution in [0.3, 0.4) is 0 Å². The van der Waals surface area contributed by atoms with Gasteiger partial charge in [0.2, 0.25) is 5.91 Å². The summed E-state index contributed by atoms with van der Waals surface area (Å²) in [5.74, 6) is -0.291. The first-order valence-corrected chi connectivity index (χ1v) is 6.94. The lowest BCUT2D eigenvalue weighted by Crippen LogP contribution is -2.40. The van der Waals surface area contributed by atoms with E-state index in [9.17, 15) is 9.90 Å². The maximum Gasteiger partial charge on any atom is 0.231 e. The van der Waals surface area contributed by atoms with E-state index in [0.29, 0.717) is 12.2 Å². The zero-order valence-corrected chi connectivity index (χ0v) is 11.9. The van der Waals surface area contributed by atoms with Crippen molar-refractivity contribution in [1.82, 2.24) is 0 Å². The summed E-state index contributed by atoms with van der Waals surface area (Å²) in [6.45, 7) is 0.332. The third-order valence-corrected chi connectivity index (χ3v) is 4.28. The number of nitrogens with two attached hydrogens (primary N) is 1. The molecule has 0 radical (unpaired) electrons. The van der Waals surface area contributed by atoms with Gasteiger partial charge in [0, 0.05) is 12.2 Å². The number of halogens is 2. The molecule has 1 aliphatic rings. The van der Waals surface area contributed by atoms with Gasteiger partial charge in [0.05, 0.1) is 15.5 Å². The molecular weight excluding hydrogens is 287 g/mol. The van der Waals surface area contributed by atoms with Crippen molar-refractivity contribution >= 4 is 34.8 Å². The van der Waals surface area contributed by atoms with Crippen LogP contribution in [0.15, 0.2) is 12.1 Å². The molecule has 0 spiro atoms. The molecule has 0 aliphatic heterocycles. The average Bonchev–Trinajstić information content (AvgIpc) is 2.85. The van der Waals surface area contributed by atoms with E-state index in [1.54, 1.807) is 0 Å². The fourth-order valence-electron chi connectivity index (χ4n) is 2.48. The minimum atomic E-state index is -0.489. The van der Waals surface area contributed by atoms with Crippen LogP contribution >= 0.6 is 23.2 Å². The Morgan fingerprint density at radius 2 is 1.84 bits per heavy atom.